The average Bonchev–Trinajstić information content (AvgIpc) is 3.35. The minimum atomic E-state index is -0.476. The van der Waals surface area contributed by atoms with Gasteiger partial charge in [0.25, 0.3) is 0 Å². The summed E-state index contributed by atoms with van der Waals surface area (Å²) in [6.07, 6.45) is 2.02. The van der Waals surface area contributed by atoms with Crippen molar-refractivity contribution in [3.8, 4) is 23.6 Å². The molecule has 38 heavy (non-hydrogen) atoms. The van der Waals surface area contributed by atoms with E-state index in [0.29, 0.717) is 71.8 Å². The fourth-order valence-electron chi connectivity index (χ4n) is 2.89. The standard InChI is InChI=1S/C27H36N4O7/c1-27(2,3)38-26(32)10-12-33-13-14-34-15-16-35-17-18-36-19-20-37-22-24-21-31(30-29-24)25-8-6-23(7-9-25)5-4-11-28/h6-9,21H,10,12-20,22H2,1-3H3. The van der Waals surface area contributed by atoms with Crippen LogP contribution in [-0.4, -0.2) is 86.0 Å². The van der Waals surface area contributed by atoms with Crippen molar-refractivity contribution in [2.75, 3.05) is 59.5 Å². The van der Waals surface area contributed by atoms with E-state index >= 15 is 0 Å². The molecule has 0 N–H and O–H groups in total. The minimum Gasteiger partial charge on any atom is -0.460 e. The molecule has 0 bridgehead atoms. The molecule has 0 atom stereocenters. The number of nitriles is 1. The second-order valence-corrected chi connectivity index (χ2v) is 8.90. The molecule has 0 aliphatic carbocycles. The van der Waals surface area contributed by atoms with E-state index < -0.39 is 5.60 Å². The zero-order chi connectivity index (χ0) is 27.5. The van der Waals surface area contributed by atoms with Gasteiger partial charge in [0, 0.05) is 11.5 Å². The lowest BCUT2D eigenvalue weighted by atomic mass is 10.2. The highest BCUT2D eigenvalue weighted by atomic mass is 16.6. The molecule has 206 valence electrons. The van der Waals surface area contributed by atoms with Gasteiger partial charge in [-0.05, 0) is 45.0 Å². The number of hydrogen-bond acceptors (Lipinski definition) is 10. The highest BCUT2D eigenvalue weighted by Crippen LogP contribution is 2.09. The van der Waals surface area contributed by atoms with Gasteiger partial charge < -0.3 is 28.4 Å². The van der Waals surface area contributed by atoms with Gasteiger partial charge in [-0.25, -0.2) is 4.68 Å². The molecule has 1 aromatic heterocycles. The molecule has 1 aromatic carbocycles. The molecule has 0 radical (unpaired) electrons. The predicted octanol–water partition coefficient (Wildman–Crippen LogP) is 2.46. The lowest BCUT2D eigenvalue weighted by Gasteiger charge is -2.19. The first-order valence-electron chi connectivity index (χ1n) is 12.4. The molecule has 2 aromatic rings. The third kappa shape index (κ3) is 14.4. The molecular weight excluding hydrogens is 492 g/mol. The van der Waals surface area contributed by atoms with Crippen molar-refractivity contribution < 1.29 is 33.2 Å². The lowest BCUT2D eigenvalue weighted by Crippen LogP contribution is -2.24. The van der Waals surface area contributed by atoms with Crippen LogP contribution in [-0.2, 0) is 39.8 Å². The first kappa shape index (κ1) is 30.9. The molecule has 0 saturated heterocycles. The number of aromatic nitrogens is 3. The Labute approximate surface area is 223 Å². The van der Waals surface area contributed by atoms with E-state index in [4.69, 9.17) is 33.7 Å². The Hall–Kier alpha value is -3.32. The number of esters is 1. The summed E-state index contributed by atoms with van der Waals surface area (Å²) in [6, 6.07) is 9.14. The van der Waals surface area contributed by atoms with Crippen LogP contribution in [0.4, 0.5) is 0 Å². The number of carbonyl (C=O) groups is 1. The van der Waals surface area contributed by atoms with Gasteiger partial charge in [0.1, 0.15) is 11.3 Å². The topological polar surface area (TPSA) is 127 Å². The molecule has 0 aliphatic heterocycles. The van der Waals surface area contributed by atoms with Crippen LogP contribution in [0.3, 0.4) is 0 Å². The van der Waals surface area contributed by atoms with Crippen LogP contribution < -0.4 is 0 Å². The Morgan fingerprint density at radius 1 is 0.868 bits per heavy atom. The average molecular weight is 529 g/mol. The van der Waals surface area contributed by atoms with Gasteiger partial charge in [0.15, 0.2) is 6.07 Å². The maximum atomic E-state index is 11.5. The van der Waals surface area contributed by atoms with Crippen LogP contribution in [0.15, 0.2) is 30.5 Å². The SMILES string of the molecule is CC(C)(C)OC(=O)CCOCCOCCOCCOCCOCc1cn(-c2ccc(C#CC#N)cc2)nn1. The highest BCUT2D eigenvalue weighted by Gasteiger charge is 2.15. The van der Waals surface area contributed by atoms with Gasteiger partial charge in [-0.3, -0.25) is 4.79 Å². The van der Waals surface area contributed by atoms with E-state index in [1.165, 1.54) is 0 Å². The molecular formula is C27H36N4O7. The molecule has 0 fully saturated rings. The molecule has 0 aliphatic rings. The Balaban J connectivity index is 1.38. The number of ether oxygens (including phenoxy) is 6. The molecule has 0 unspecified atom stereocenters. The molecule has 0 saturated carbocycles. The Morgan fingerprint density at radius 2 is 1.42 bits per heavy atom. The zero-order valence-electron chi connectivity index (χ0n) is 22.3. The quantitative estimate of drug-likeness (QED) is 0.162. The van der Waals surface area contributed by atoms with Gasteiger partial charge in [-0.2, -0.15) is 5.26 Å². The number of hydrogen-bond donors (Lipinski definition) is 0. The molecule has 2 rings (SSSR count). The number of nitrogens with zero attached hydrogens (tertiary/aromatic N) is 4. The van der Waals surface area contributed by atoms with Crippen LogP contribution in [0.2, 0.25) is 0 Å². The normalized spacial score (nSPS) is 11.0. The summed E-state index contributed by atoms with van der Waals surface area (Å²) in [5.41, 5.74) is 1.82. The van der Waals surface area contributed by atoms with E-state index in [1.807, 2.05) is 45.0 Å². The second-order valence-electron chi connectivity index (χ2n) is 8.90. The van der Waals surface area contributed by atoms with Crippen molar-refractivity contribution in [2.45, 2.75) is 39.4 Å². The summed E-state index contributed by atoms with van der Waals surface area (Å²) in [4.78, 5) is 11.5. The van der Waals surface area contributed by atoms with Gasteiger partial charge in [0.05, 0.1) is 84.4 Å². The van der Waals surface area contributed by atoms with E-state index in [-0.39, 0.29) is 12.4 Å². The Morgan fingerprint density at radius 3 is 1.97 bits per heavy atom. The maximum Gasteiger partial charge on any atom is 0.308 e. The summed E-state index contributed by atoms with van der Waals surface area (Å²) < 4.78 is 34.1. The largest absolute Gasteiger partial charge is 0.460 e. The summed E-state index contributed by atoms with van der Waals surface area (Å²) in [7, 11) is 0. The van der Waals surface area contributed by atoms with Crippen molar-refractivity contribution in [1.29, 1.82) is 5.26 Å². The van der Waals surface area contributed by atoms with Gasteiger partial charge in [-0.1, -0.05) is 11.1 Å². The maximum absolute atomic E-state index is 11.5. The highest BCUT2D eigenvalue weighted by molar-refractivity contribution is 5.69. The smallest absolute Gasteiger partial charge is 0.308 e. The van der Waals surface area contributed by atoms with Gasteiger partial charge in [0.2, 0.25) is 0 Å². The molecule has 1 heterocycles. The third-order valence-corrected chi connectivity index (χ3v) is 4.54. The summed E-state index contributed by atoms with van der Waals surface area (Å²) in [5.74, 6) is 4.83. The lowest BCUT2D eigenvalue weighted by molar-refractivity contribution is -0.156. The van der Waals surface area contributed by atoms with Crippen LogP contribution >= 0.6 is 0 Å². The fraction of sp³-hybridized carbons (Fsp3) is 0.556. The third-order valence-electron chi connectivity index (χ3n) is 4.54. The number of carbonyl (C=O) groups excluding carboxylic acids is 1. The van der Waals surface area contributed by atoms with Crippen molar-refractivity contribution >= 4 is 5.97 Å². The summed E-state index contributed by atoms with van der Waals surface area (Å²) in [6.45, 7) is 9.70. The molecule has 11 nitrogen and oxygen atoms in total. The van der Waals surface area contributed by atoms with E-state index in [9.17, 15) is 4.79 Å². The van der Waals surface area contributed by atoms with E-state index in [1.54, 1.807) is 16.9 Å². The van der Waals surface area contributed by atoms with Crippen LogP contribution in [0.1, 0.15) is 38.4 Å². The van der Waals surface area contributed by atoms with E-state index in [0.717, 1.165) is 11.3 Å². The fourth-order valence-corrected chi connectivity index (χ4v) is 2.89. The monoisotopic (exact) mass is 528 g/mol. The first-order valence-corrected chi connectivity index (χ1v) is 12.4. The number of benzene rings is 1. The summed E-state index contributed by atoms with van der Waals surface area (Å²) >= 11 is 0. The first-order chi connectivity index (χ1) is 18.4. The van der Waals surface area contributed by atoms with Crippen molar-refractivity contribution in [3.05, 3.63) is 41.7 Å². The van der Waals surface area contributed by atoms with Crippen LogP contribution in [0.5, 0.6) is 0 Å². The molecule has 0 amide bonds. The van der Waals surface area contributed by atoms with Crippen molar-refractivity contribution in [3.63, 3.8) is 0 Å². The van der Waals surface area contributed by atoms with Crippen molar-refractivity contribution in [1.82, 2.24) is 15.0 Å². The Bertz CT molecular complexity index is 1050. The second kappa shape index (κ2) is 18.0. The molecule has 0 spiro atoms. The van der Waals surface area contributed by atoms with Gasteiger partial charge >= 0.3 is 5.97 Å². The summed E-state index contributed by atoms with van der Waals surface area (Å²) in [5, 5.41) is 16.7. The van der Waals surface area contributed by atoms with Crippen LogP contribution in [0.25, 0.3) is 5.69 Å². The zero-order valence-corrected chi connectivity index (χ0v) is 22.3. The van der Waals surface area contributed by atoms with E-state index in [2.05, 4.69) is 22.2 Å². The molecule has 11 heteroatoms. The number of rotatable bonds is 18. The van der Waals surface area contributed by atoms with Crippen molar-refractivity contribution in [2.24, 2.45) is 0 Å². The van der Waals surface area contributed by atoms with Crippen LogP contribution in [0, 0.1) is 23.2 Å². The predicted molar refractivity (Wildman–Crippen MR) is 137 cm³/mol. The Kier molecular flexibility index (Phi) is 14.7. The minimum absolute atomic E-state index is 0.227. The van der Waals surface area contributed by atoms with Gasteiger partial charge in [-0.15, -0.1) is 5.10 Å².